The maximum atomic E-state index is 2.57. The van der Waals surface area contributed by atoms with Crippen LogP contribution in [0, 0.1) is 5.92 Å². The van der Waals surface area contributed by atoms with Crippen molar-refractivity contribution in [1.82, 2.24) is 0 Å². The van der Waals surface area contributed by atoms with E-state index in [0.29, 0.717) is 15.5 Å². The number of rotatable bonds is 5. The van der Waals surface area contributed by atoms with E-state index >= 15 is 0 Å². The van der Waals surface area contributed by atoms with Crippen molar-refractivity contribution in [3.8, 4) is 22.3 Å². The van der Waals surface area contributed by atoms with Gasteiger partial charge in [-0.2, -0.15) is 0 Å². The van der Waals surface area contributed by atoms with E-state index in [-0.39, 0.29) is 24.8 Å². The van der Waals surface area contributed by atoms with Gasteiger partial charge in [-0.05, 0) is 0 Å². The summed E-state index contributed by atoms with van der Waals surface area (Å²) in [7, 11) is -1.05. The molecule has 0 heterocycles. The van der Waals surface area contributed by atoms with E-state index in [1.54, 1.807) is 46.6 Å². The maximum absolute atomic E-state index is 2.57. The first-order valence-electron chi connectivity index (χ1n) is 13.4. The zero-order valence-corrected chi connectivity index (χ0v) is 27.6. The Balaban J connectivity index is 0.00000168. The predicted molar refractivity (Wildman–Crippen MR) is 153 cm³/mol. The van der Waals surface area contributed by atoms with Crippen molar-refractivity contribution in [2.24, 2.45) is 5.92 Å². The second kappa shape index (κ2) is 11.8. The molecule has 0 saturated heterocycles. The summed E-state index contributed by atoms with van der Waals surface area (Å²) in [6.07, 6.45) is 3.74. The largest absolute Gasteiger partial charge is 1.00 e. The van der Waals surface area contributed by atoms with E-state index in [2.05, 4.69) is 118 Å². The van der Waals surface area contributed by atoms with Crippen molar-refractivity contribution >= 4 is 20.1 Å². The van der Waals surface area contributed by atoms with Crippen LogP contribution in [0.5, 0.6) is 0 Å². The van der Waals surface area contributed by atoms with Crippen LogP contribution in [0.15, 0.2) is 90.5 Å². The molecule has 0 fully saturated rings. The Morgan fingerprint density at radius 1 is 0.737 bits per heavy atom. The van der Waals surface area contributed by atoms with Crippen LogP contribution < -0.4 is 30.0 Å². The van der Waals surface area contributed by atoms with E-state index < -0.39 is 8.80 Å². The molecule has 0 N–H and O–H groups in total. The minimum atomic E-state index is -1.05. The molecular formula is C34H33Cl2SiZr. The van der Waals surface area contributed by atoms with Crippen LogP contribution in [0.1, 0.15) is 57.6 Å². The molecule has 2 aliphatic rings. The summed E-state index contributed by atoms with van der Waals surface area (Å²) >= 11 is 1.60. The third-order valence-corrected chi connectivity index (χ3v) is 11.7. The number of fused-ring (bicyclic) bond motifs is 4. The van der Waals surface area contributed by atoms with Gasteiger partial charge in [0.05, 0.1) is 0 Å². The van der Waals surface area contributed by atoms with Gasteiger partial charge in [-0.15, -0.1) is 0 Å². The fourth-order valence-electron chi connectivity index (χ4n) is 6.45. The number of halogens is 2. The molecule has 0 bridgehead atoms. The molecule has 4 aromatic carbocycles. The van der Waals surface area contributed by atoms with Crippen LogP contribution in [0.25, 0.3) is 28.3 Å². The summed E-state index contributed by atoms with van der Waals surface area (Å²) in [6, 6.07) is 32.1. The molecule has 4 aromatic rings. The Hall–Kier alpha value is -1.70. The van der Waals surface area contributed by atoms with Crippen LogP contribution in [0.4, 0.5) is 0 Å². The van der Waals surface area contributed by atoms with Gasteiger partial charge in [0.15, 0.2) is 0 Å². The summed E-state index contributed by atoms with van der Waals surface area (Å²) in [4.78, 5) is 0. The standard InChI is InChI=1S/C34H33Si.2ClH.Zr/c1-5-22(2)29-21-30-25(23-12-7-6-8-13-23)16-11-17-28(30)33(29)34-31-20-24-14-9-10-15-26(24)27(31)18-19-32(34)35(3)4;;;/h6-22,33,35H,5H2,1-4H3;2*1H;/q;;;+2/p-2. The molecule has 3 unspecified atom stereocenters. The molecule has 0 aromatic heterocycles. The molecule has 0 radical (unpaired) electrons. The molecule has 38 heavy (non-hydrogen) atoms. The van der Waals surface area contributed by atoms with Crippen LogP contribution in [-0.2, 0) is 24.7 Å². The minimum Gasteiger partial charge on any atom is -1.00 e. The van der Waals surface area contributed by atoms with Gasteiger partial charge in [-0.1, -0.05) is 0 Å². The Morgan fingerprint density at radius 3 is 2.11 bits per heavy atom. The second-order valence-electron chi connectivity index (χ2n) is 10.8. The predicted octanol–water partition coefficient (Wildman–Crippen LogP) is 2.25. The SMILES string of the molecule is CCC(C)C1=Cc2c(-c3ccccc3)cccc2C1c1c([SiH](C)C)ccc2c1[CH]([Zr+2])c1ccccc1-2.[Cl-].[Cl-]. The van der Waals surface area contributed by atoms with Crippen molar-refractivity contribution in [1.29, 1.82) is 0 Å². The topological polar surface area (TPSA) is 0 Å². The zero-order valence-electron chi connectivity index (χ0n) is 22.4. The summed E-state index contributed by atoms with van der Waals surface area (Å²) in [5.74, 6) is 0.909. The first kappa shape index (κ1) is 29.3. The smallest absolute Gasteiger partial charge is 1.00 e. The molecule has 191 valence electrons. The molecule has 6 rings (SSSR count). The number of allylic oxidation sites excluding steroid dienone is 1. The van der Waals surface area contributed by atoms with Gasteiger partial charge in [-0.3, -0.25) is 0 Å². The molecule has 0 nitrogen and oxygen atoms in total. The van der Waals surface area contributed by atoms with Gasteiger partial charge in [0.2, 0.25) is 0 Å². The monoisotopic (exact) mass is 629 g/mol. The molecule has 0 aliphatic heterocycles. The third kappa shape index (κ3) is 4.66. The third-order valence-electron chi connectivity index (χ3n) is 8.44. The number of hydrogen-bond donors (Lipinski definition) is 0. The first-order chi connectivity index (χ1) is 17.5. The summed E-state index contributed by atoms with van der Waals surface area (Å²) in [6.45, 7) is 9.80. The quantitative estimate of drug-likeness (QED) is 0.297. The second-order valence-corrected chi connectivity index (χ2v) is 15.1. The molecule has 0 saturated carbocycles. The minimum absolute atomic E-state index is 0. The van der Waals surface area contributed by atoms with Gasteiger partial charge in [0, 0.05) is 0 Å². The van der Waals surface area contributed by atoms with Crippen LogP contribution >= 0.6 is 0 Å². The Kier molecular flexibility index (Phi) is 9.10. The Morgan fingerprint density at radius 2 is 1.39 bits per heavy atom. The summed E-state index contributed by atoms with van der Waals surface area (Å²) in [5, 5.41) is 1.66. The van der Waals surface area contributed by atoms with Gasteiger partial charge in [0.25, 0.3) is 0 Å². The van der Waals surface area contributed by atoms with Crippen LogP contribution in [-0.4, -0.2) is 8.80 Å². The van der Waals surface area contributed by atoms with Gasteiger partial charge in [-0.25, -0.2) is 0 Å². The van der Waals surface area contributed by atoms with Crippen molar-refractivity contribution in [2.75, 3.05) is 0 Å². The van der Waals surface area contributed by atoms with E-state index in [9.17, 15) is 0 Å². The van der Waals surface area contributed by atoms with E-state index in [4.69, 9.17) is 0 Å². The van der Waals surface area contributed by atoms with E-state index in [0.717, 1.165) is 0 Å². The van der Waals surface area contributed by atoms with E-state index in [1.165, 1.54) is 45.4 Å². The van der Waals surface area contributed by atoms with Crippen molar-refractivity contribution < 1.29 is 49.5 Å². The average Bonchev–Trinajstić information content (AvgIpc) is 3.44. The van der Waals surface area contributed by atoms with E-state index in [1.807, 2.05) is 0 Å². The van der Waals surface area contributed by atoms with Crippen LogP contribution in [0.3, 0.4) is 0 Å². The maximum Gasteiger partial charge on any atom is -1.00 e. The molecule has 3 atom stereocenters. The van der Waals surface area contributed by atoms with Gasteiger partial charge < -0.3 is 24.8 Å². The molecule has 4 heteroatoms. The molecular weight excluding hydrogens is 599 g/mol. The van der Waals surface area contributed by atoms with Crippen molar-refractivity contribution in [3.05, 3.63) is 118 Å². The Bertz CT molecular complexity index is 1490. The van der Waals surface area contributed by atoms with Crippen molar-refractivity contribution in [2.45, 2.75) is 42.9 Å². The molecule has 0 amide bonds. The zero-order chi connectivity index (χ0) is 25.0. The Labute approximate surface area is 257 Å². The normalized spacial score (nSPS) is 17.6. The fourth-order valence-corrected chi connectivity index (χ4v) is 9.26. The summed E-state index contributed by atoms with van der Waals surface area (Å²) < 4.78 is 0.519. The number of benzene rings is 4. The number of hydrogen-bond acceptors (Lipinski definition) is 0. The first-order valence-corrected chi connectivity index (χ1v) is 17.7. The van der Waals surface area contributed by atoms with Gasteiger partial charge in [0.1, 0.15) is 0 Å². The van der Waals surface area contributed by atoms with Crippen molar-refractivity contribution in [3.63, 3.8) is 0 Å². The van der Waals surface area contributed by atoms with Gasteiger partial charge >= 0.3 is 234 Å². The molecule has 0 spiro atoms. The van der Waals surface area contributed by atoms with Crippen LogP contribution in [0.2, 0.25) is 13.1 Å². The summed E-state index contributed by atoms with van der Waals surface area (Å²) in [5.41, 5.74) is 15.0. The average molecular weight is 632 g/mol. The molecule has 2 aliphatic carbocycles. The fraction of sp³-hybridized carbons (Fsp3) is 0.235.